The number of Topliss-reactive ketones (excluding diaryl/α,β-unsaturated/α-hetero) is 1. The number of benzene rings is 1. The number of nitrogens with one attached hydrogen (secondary N) is 1. The van der Waals surface area contributed by atoms with Crippen LogP contribution in [0.5, 0.6) is 5.75 Å². The molecule has 1 saturated carbocycles. The third-order valence-electron chi connectivity index (χ3n) is 6.19. The monoisotopic (exact) mass is 461 g/mol. The molecule has 3 rings (SSSR count). The first-order valence-corrected chi connectivity index (χ1v) is 11.5. The molecule has 2 atom stereocenters. The Labute approximate surface area is 193 Å². The van der Waals surface area contributed by atoms with Crippen LogP contribution in [0, 0.1) is 5.92 Å². The number of esters is 1. The molecule has 1 aliphatic heterocycles. The molecular formula is C23H32BNO8. The highest BCUT2D eigenvalue weighted by Crippen LogP contribution is 2.35. The van der Waals surface area contributed by atoms with Gasteiger partial charge >= 0.3 is 13.1 Å². The maximum absolute atomic E-state index is 12.6. The van der Waals surface area contributed by atoms with Crippen molar-refractivity contribution in [3.05, 3.63) is 29.3 Å². The summed E-state index contributed by atoms with van der Waals surface area (Å²) in [6.07, 6.45) is 4.77. The summed E-state index contributed by atoms with van der Waals surface area (Å²) in [6, 6.07) is 5.01. The number of carbonyl (C=O) groups is 3. The average molecular weight is 461 g/mol. The first-order chi connectivity index (χ1) is 15.8. The number of hydrogen-bond donors (Lipinski definition) is 3. The van der Waals surface area contributed by atoms with Crippen molar-refractivity contribution in [1.82, 2.24) is 5.32 Å². The van der Waals surface area contributed by atoms with Gasteiger partial charge in [0.1, 0.15) is 17.1 Å². The Hall–Kier alpha value is -2.43. The lowest BCUT2D eigenvalue weighted by molar-refractivity contribution is -0.182. The molecule has 1 aromatic carbocycles. The predicted octanol–water partition coefficient (Wildman–Crippen LogP) is 1.99. The first kappa shape index (κ1) is 25.2. The topological polar surface area (TPSA) is 131 Å². The predicted molar refractivity (Wildman–Crippen MR) is 119 cm³/mol. The fourth-order valence-electron chi connectivity index (χ4n) is 4.23. The van der Waals surface area contributed by atoms with Crippen LogP contribution in [-0.4, -0.2) is 54.5 Å². The minimum atomic E-state index is -1.22. The summed E-state index contributed by atoms with van der Waals surface area (Å²) in [7, 11) is -1.22. The van der Waals surface area contributed by atoms with Crippen LogP contribution in [0.1, 0.15) is 67.8 Å². The Morgan fingerprint density at radius 2 is 1.97 bits per heavy atom. The fourth-order valence-corrected chi connectivity index (χ4v) is 4.23. The molecule has 0 spiro atoms. The molecule has 10 heteroatoms. The highest BCUT2D eigenvalue weighted by molar-refractivity contribution is 6.46. The number of amides is 1. The van der Waals surface area contributed by atoms with E-state index in [1.165, 1.54) is 13.0 Å². The van der Waals surface area contributed by atoms with Gasteiger partial charge in [0, 0.05) is 31.1 Å². The SMILES string of the molecule is CC(=O)CCC(=O)NC[C@H]1Cc2cccc(C(=O)OCOC(O)C3CCCCC3)c2OB1O. The van der Waals surface area contributed by atoms with Crippen molar-refractivity contribution in [3.8, 4) is 5.75 Å². The van der Waals surface area contributed by atoms with Crippen molar-refractivity contribution < 1.29 is 38.6 Å². The van der Waals surface area contributed by atoms with Gasteiger partial charge in [-0.2, -0.15) is 0 Å². The zero-order valence-electron chi connectivity index (χ0n) is 19.0. The molecule has 180 valence electrons. The average Bonchev–Trinajstić information content (AvgIpc) is 2.81. The van der Waals surface area contributed by atoms with Gasteiger partial charge in [-0.1, -0.05) is 31.4 Å². The Morgan fingerprint density at radius 3 is 2.70 bits per heavy atom. The molecule has 1 heterocycles. The van der Waals surface area contributed by atoms with Gasteiger partial charge in [-0.3, -0.25) is 4.79 Å². The van der Waals surface area contributed by atoms with Crippen LogP contribution < -0.4 is 9.97 Å². The minimum absolute atomic E-state index is 0.0558. The van der Waals surface area contributed by atoms with Crippen LogP contribution in [0.2, 0.25) is 5.82 Å². The summed E-state index contributed by atoms with van der Waals surface area (Å²) in [5.74, 6) is -1.11. The van der Waals surface area contributed by atoms with Crippen LogP contribution in [0.25, 0.3) is 0 Å². The molecule has 0 aromatic heterocycles. The zero-order valence-corrected chi connectivity index (χ0v) is 19.0. The number of ether oxygens (including phenoxy) is 2. The minimum Gasteiger partial charge on any atom is -0.535 e. The molecule has 2 aliphatic rings. The third-order valence-corrected chi connectivity index (χ3v) is 6.19. The number of aliphatic hydroxyl groups is 1. The highest BCUT2D eigenvalue weighted by Gasteiger charge is 2.37. The van der Waals surface area contributed by atoms with Crippen LogP contribution in [0.15, 0.2) is 18.2 Å². The lowest BCUT2D eigenvalue weighted by atomic mass is 9.66. The molecule has 1 fully saturated rings. The maximum atomic E-state index is 12.6. The van der Waals surface area contributed by atoms with Gasteiger partial charge < -0.3 is 34.4 Å². The van der Waals surface area contributed by atoms with Gasteiger partial charge in [0.2, 0.25) is 5.91 Å². The second-order valence-corrected chi connectivity index (χ2v) is 8.78. The number of hydrogen-bond acceptors (Lipinski definition) is 8. The van der Waals surface area contributed by atoms with Gasteiger partial charge in [-0.25, -0.2) is 4.79 Å². The molecule has 33 heavy (non-hydrogen) atoms. The lowest BCUT2D eigenvalue weighted by Gasteiger charge is -2.29. The summed E-state index contributed by atoms with van der Waals surface area (Å²) in [4.78, 5) is 35.4. The van der Waals surface area contributed by atoms with Gasteiger partial charge in [0.25, 0.3) is 0 Å². The van der Waals surface area contributed by atoms with Crippen LogP contribution in [-0.2, 0) is 25.5 Å². The second kappa shape index (κ2) is 12.2. The summed E-state index contributed by atoms with van der Waals surface area (Å²) < 4.78 is 16.1. The molecule has 1 amide bonds. The Kier molecular flexibility index (Phi) is 9.28. The zero-order chi connectivity index (χ0) is 23.8. The number of carbonyl (C=O) groups excluding carboxylic acids is 3. The van der Waals surface area contributed by atoms with Gasteiger partial charge in [0.05, 0.1) is 0 Å². The van der Waals surface area contributed by atoms with Crippen LogP contribution in [0.3, 0.4) is 0 Å². The summed E-state index contributed by atoms with van der Waals surface area (Å²) in [5, 5.41) is 23.3. The van der Waals surface area contributed by atoms with Crippen LogP contribution in [0.4, 0.5) is 0 Å². The molecule has 9 nitrogen and oxygen atoms in total. The van der Waals surface area contributed by atoms with E-state index < -0.39 is 25.2 Å². The van der Waals surface area contributed by atoms with Gasteiger partial charge in [0.15, 0.2) is 13.1 Å². The van der Waals surface area contributed by atoms with Crippen molar-refractivity contribution in [3.63, 3.8) is 0 Å². The van der Waals surface area contributed by atoms with E-state index >= 15 is 0 Å². The maximum Gasteiger partial charge on any atom is 0.528 e. The number of para-hydroxylation sites is 1. The molecule has 1 aromatic rings. The second-order valence-electron chi connectivity index (χ2n) is 8.78. The molecule has 0 bridgehead atoms. The molecule has 3 N–H and O–H groups in total. The van der Waals surface area contributed by atoms with Crippen molar-refractivity contribution in [2.45, 2.75) is 70.4 Å². The van der Waals surface area contributed by atoms with E-state index in [0.717, 1.165) is 32.1 Å². The van der Waals surface area contributed by atoms with E-state index in [-0.39, 0.29) is 55.1 Å². The van der Waals surface area contributed by atoms with E-state index in [1.54, 1.807) is 12.1 Å². The number of fused-ring (bicyclic) bond motifs is 1. The number of aliphatic hydroxyl groups excluding tert-OH is 1. The van der Waals surface area contributed by atoms with Gasteiger partial charge in [-0.05, 0) is 37.8 Å². The van der Waals surface area contributed by atoms with E-state index in [4.69, 9.17) is 14.1 Å². The van der Waals surface area contributed by atoms with Crippen molar-refractivity contribution in [1.29, 1.82) is 0 Å². The number of ketones is 1. The van der Waals surface area contributed by atoms with E-state index in [2.05, 4.69) is 5.32 Å². The first-order valence-electron chi connectivity index (χ1n) is 11.5. The standard InChI is InChI=1S/C23H32BNO8/c1-15(26)10-11-20(27)25-13-18-12-17-8-5-9-19(21(17)33-24(18)30)23(29)32-14-31-22(28)16-6-3-2-4-7-16/h5,8-9,16,18,22,28,30H,2-4,6-7,10-14H2,1H3,(H,25,27)/t18-,22?/m1/s1. The van der Waals surface area contributed by atoms with E-state index in [1.807, 2.05) is 0 Å². The fraction of sp³-hybridized carbons (Fsp3) is 0.609. The normalized spacial score (nSPS) is 19.2. The van der Waals surface area contributed by atoms with Crippen LogP contribution >= 0.6 is 0 Å². The van der Waals surface area contributed by atoms with Gasteiger partial charge in [-0.15, -0.1) is 0 Å². The Morgan fingerprint density at radius 1 is 1.21 bits per heavy atom. The van der Waals surface area contributed by atoms with Crippen molar-refractivity contribution in [2.75, 3.05) is 13.3 Å². The van der Waals surface area contributed by atoms with Crippen molar-refractivity contribution in [2.24, 2.45) is 5.92 Å². The smallest absolute Gasteiger partial charge is 0.528 e. The third kappa shape index (κ3) is 7.28. The highest BCUT2D eigenvalue weighted by atomic mass is 16.7. The summed E-state index contributed by atoms with van der Waals surface area (Å²) in [6.45, 7) is 1.23. The largest absolute Gasteiger partial charge is 0.535 e. The van der Waals surface area contributed by atoms with E-state index in [9.17, 15) is 24.5 Å². The lowest BCUT2D eigenvalue weighted by Crippen LogP contribution is -2.41. The number of rotatable bonds is 10. The summed E-state index contributed by atoms with van der Waals surface area (Å²) >= 11 is 0. The quantitative estimate of drug-likeness (QED) is 0.274. The Balaban J connectivity index is 1.52. The van der Waals surface area contributed by atoms with E-state index in [0.29, 0.717) is 12.0 Å². The molecule has 0 radical (unpaired) electrons. The molecule has 1 unspecified atom stereocenters. The summed E-state index contributed by atoms with van der Waals surface area (Å²) in [5.41, 5.74) is 0.868. The molecule has 1 aliphatic carbocycles. The Bertz CT molecular complexity index is 842. The molecule has 0 saturated heterocycles. The van der Waals surface area contributed by atoms with Crippen molar-refractivity contribution >= 4 is 24.8 Å². The molecular weight excluding hydrogens is 429 g/mol.